The van der Waals surface area contributed by atoms with E-state index in [1.54, 1.807) is 0 Å². The molecule has 3 N–H and O–H groups in total. The smallest absolute Gasteiger partial charge is 0.117 e. The molecule has 20 heavy (non-hydrogen) atoms. The lowest BCUT2D eigenvalue weighted by Gasteiger charge is -2.29. The van der Waals surface area contributed by atoms with Crippen molar-refractivity contribution in [3.63, 3.8) is 0 Å². The highest BCUT2D eigenvalue weighted by atomic mass is 35.5. The van der Waals surface area contributed by atoms with Crippen LogP contribution in [-0.2, 0) is 4.74 Å². The van der Waals surface area contributed by atoms with E-state index in [4.69, 9.17) is 16.3 Å². The van der Waals surface area contributed by atoms with Gasteiger partial charge in [-0.2, -0.15) is 0 Å². The topological polar surface area (TPSA) is 45.3 Å². The summed E-state index contributed by atoms with van der Waals surface area (Å²) in [6.07, 6.45) is 6.60. The Morgan fingerprint density at radius 2 is 1.80 bits per heavy atom. The summed E-state index contributed by atoms with van der Waals surface area (Å²) in [5, 5.41) is 10.9. The molecule has 2 heterocycles. The van der Waals surface area contributed by atoms with Crippen LogP contribution in [0.25, 0.3) is 0 Å². The maximum atomic E-state index is 6.20. The number of thioether (sulfide) groups is 1. The maximum Gasteiger partial charge on any atom is 0.117 e. The summed E-state index contributed by atoms with van der Waals surface area (Å²) in [5.41, 5.74) is 0.389. The zero-order valence-corrected chi connectivity index (χ0v) is 13.5. The molecule has 0 spiro atoms. The lowest BCUT2D eigenvalue weighted by molar-refractivity contribution is 0.0113. The van der Waals surface area contributed by atoms with Gasteiger partial charge < -0.3 is 4.74 Å². The fraction of sp³-hybridized carbons (Fsp3) is 1.00. The highest BCUT2D eigenvalue weighted by molar-refractivity contribution is 7.99. The number of hydrogen-bond donors (Lipinski definition) is 3. The number of rotatable bonds is 4. The van der Waals surface area contributed by atoms with Crippen LogP contribution in [0.3, 0.4) is 0 Å². The fourth-order valence-electron chi connectivity index (χ4n) is 3.31. The zero-order valence-electron chi connectivity index (χ0n) is 11.9. The second-order valence-electron chi connectivity index (χ2n) is 6.06. The van der Waals surface area contributed by atoms with Crippen LogP contribution in [0.1, 0.15) is 32.1 Å². The Hall–Kier alpha value is 0.480. The van der Waals surface area contributed by atoms with Gasteiger partial charge in [-0.3, -0.25) is 16.0 Å². The van der Waals surface area contributed by atoms with Crippen molar-refractivity contribution in [1.82, 2.24) is 16.0 Å². The molecule has 0 radical (unpaired) electrons. The third-order valence-corrected chi connectivity index (χ3v) is 6.14. The molecule has 3 fully saturated rings. The summed E-state index contributed by atoms with van der Waals surface area (Å²) < 4.78 is 6.20. The van der Waals surface area contributed by atoms with E-state index in [0.717, 1.165) is 38.2 Å². The van der Waals surface area contributed by atoms with Crippen LogP contribution in [0, 0.1) is 5.92 Å². The molecular weight excluding hydrogens is 294 g/mol. The normalized spacial score (nSPS) is 40.0. The Morgan fingerprint density at radius 3 is 2.55 bits per heavy atom. The van der Waals surface area contributed by atoms with E-state index in [9.17, 15) is 0 Å². The molecule has 0 amide bonds. The number of hydrogen-bond acceptors (Lipinski definition) is 5. The van der Waals surface area contributed by atoms with Crippen molar-refractivity contribution in [3.8, 4) is 0 Å². The van der Waals surface area contributed by atoms with Gasteiger partial charge in [0, 0.05) is 17.7 Å². The Balaban J connectivity index is 1.36. The monoisotopic (exact) mass is 319 g/mol. The van der Waals surface area contributed by atoms with Gasteiger partial charge in [0.15, 0.2) is 0 Å². The largest absolute Gasteiger partial charge is 0.358 e. The van der Waals surface area contributed by atoms with Crippen molar-refractivity contribution in [2.75, 3.05) is 25.4 Å². The van der Waals surface area contributed by atoms with Crippen LogP contribution in [0.4, 0.5) is 0 Å². The summed E-state index contributed by atoms with van der Waals surface area (Å²) in [5.74, 6) is 1.71. The van der Waals surface area contributed by atoms with Crippen LogP contribution >= 0.6 is 23.4 Å². The van der Waals surface area contributed by atoms with Crippen molar-refractivity contribution < 1.29 is 4.74 Å². The average molecular weight is 320 g/mol. The summed E-state index contributed by atoms with van der Waals surface area (Å²) >= 11 is 8.09. The summed E-state index contributed by atoms with van der Waals surface area (Å²) in [6, 6.07) is 0. The first-order chi connectivity index (χ1) is 9.81. The first-order valence-corrected chi connectivity index (χ1v) is 9.41. The van der Waals surface area contributed by atoms with Gasteiger partial charge in [-0.15, -0.1) is 23.4 Å². The predicted octanol–water partition coefficient (Wildman–Crippen LogP) is 1.70. The van der Waals surface area contributed by atoms with Gasteiger partial charge >= 0.3 is 0 Å². The molecule has 3 rings (SSSR count). The van der Waals surface area contributed by atoms with Crippen LogP contribution < -0.4 is 16.0 Å². The van der Waals surface area contributed by atoms with Gasteiger partial charge in [0.2, 0.25) is 0 Å². The van der Waals surface area contributed by atoms with Crippen molar-refractivity contribution in [1.29, 1.82) is 0 Å². The van der Waals surface area contributed by atoms with Crippen LogP contribution in [0.5, 0.6) is 0 Å². The molecule has 6 heteroatoms. The lowest BCUT2D eigenvalue weighted by Crippen LogP contribution is -2.47. The van der Waals surface area contributed by atoms with Crippen LogP contribution in [0.15, 0.2) is 0 Å². The molecule has 2 aliphatic heterocycles. The third kappa shape index (κ3) is 4.24. The van der Waals surface area contributed by atoms with Crippen LogP contribution in [-0.4, -0.2) is 48.6 Å². The Bertz CT molecular complexity index is 296. The molecule has 2 unspecified atom stereocenters. The molecule has 2 saturated heterocycles. The van der Waals surface area contributed by atoms with E-state index in [1.807, 2.05) is 11.8 Å². The third-order valence-electron chi connectivity index (χ3n) is 4.54. The molecule has 0 bridgehead atoms. The highest BCUT2D eigenvalue weighted by Gasteiger charge is 2.33. The Kier molecular flexibility index (Phi) is 5.89. The van der Waals surface area contributed by atoms with E-state index >= 15 is 0 Å². The second kappa shape index (κ2) is 7.65. The first-order valence-electron chi connectivity index (χ1n) is 7.92. The van der Waals surface area contributed by atoms with Crippen molar-refractivity contribution in [3.05, 3.63) is 0 Å². The minimum atomic E-state index is 0.212. The Labute approximate surface area is 131 Å². The zero-order chi connectivity index (χ0) is 13.8. The average Bonchev–Trinajstić information content (AvgIpc) is 2.96. The molecule has 4 nitrogen and oxygen atoms in total. The van der Waals surface area contributed by atoms with Crippen molar-refractivity contribution in [2.24, 2.45) is 5.92 Å². The fourth-order valence-corrected chi connectivity index (χ4v) is 4.60. The van der Waals surface area contributed by atoms with Crippen LogP contribution in [0.2, 0.25) is 0 Å². The van der Waals surface area contributed by atoms with Gasteiger partial charge in [0.05, 0.1) is 6.10 Å². The van der Waals surface area contributed by atoms with Crippen molar-refractivity contribution in [2.45, 2.75) is 55.3 Å². The molecular formula is C14H26ClN3OS. The Morgan fingerprint density at radius 1 is 1.05 bits per heavy atom. The van der Waals surface area contributed by atoms with Gasteiger partial charge in [-0.1, -0.05) is 0 Å². The lowest BCUT2D eigenvalue weighted by atomic mass is 9.85. The number of ether oxygens (including phenoxy) is 1. The second-order valence-corrected chi connectivity index (χ2v) is 7.81. The number of alkyl halides is 1. The first kappa shape index (κ1) is 15.4. The maximum absolute atomic E-state index is 6.20. The van der Waals surface area contributed by atoms with Gasteiger partial charge in [-0.05, 0) is 51.1 Å². The van der Waals surface area contributed by atoms with E-state index in [2.05, 4.69) is 16.0 Å². The van der Waals surface area contributed by atoms with E-state index in [0.29, 0.717) is 22.9 Å². The molecule has 116 valence electrons. The predicted molar refractivity (Wildman–Crippen MR) is 85.1 cm³/mol. The van der Waals surface area contributed by atoms with Gasteiger partial charge in [-0.25, -0.2) is 0 Å². The van der Waals surface area contributed by atoms with E-state index in [1.165, 1.54) is 19.3 Å². The molecule has 3 aliphatic rings. The van der Waals surface area contributed by atoms with Crippen molar-refractivity contribution >= 4 is 23.4 Å². The molecule has 0 aromatic heterocycles. The van der Waals surface area contributed by atoms with Gasteiger partial charge in [0.25, 0.3) is 0 Å². The molecule has 2 atom stereocenters. The van der Waals surface area contributed by atoms with E-state index in [-0.39, 0.29) is 6.23 Å². The molecule has 0 aromatic rings. The molecule has 1 saturated carbocycles. The highest BCUT2D eigenvalue weighted by Crippen LogP contribution is 2.32. The number of halogens is 1. The van der Waals surface area contributed by atoms with Gasteiger partial charge in [0.1, 0.15) is 11.7 Å². The number of nitrogens with one attached hydrogen (secondary N) is 3. The summed E-state index contributed by atoms with van der Waals surface area (Å²) in [4.78, 5) is 0. The standard InChI is InChI=1S/C14H26ClN3OS/c15-11-4-2-10(3-5-11)12-8-18-13(19-12)9-20-14-16-6-1-7-17-14/h10-14,16-18H,1-9H2. The molecule has 1 aliphatic carbocycles. The minimum absolute atomic E-state index is 0.212. The summed E-state index contributed by atoms with van der Waals surface area (Å²) in [6.45, 7) is 3.25. The minimum Gasteiger partial charge on any atom is -0.358 e. The quantitative estimate of drug-likeness (QED) is 0.688. The SMILES string of the molecule is ClC1CCC(C2CNC(CSC3NCCCN3)O2)CC1. The molecule has 0 aromatic carbocycles. The summed E-state index contributed by atoms with van der Waals surface area (Å²) in [7, 11) is 0. The van der Waals surface area contributed by atoms with E-state index < -0.39 is 0 Å².